The van der Waals surface area contributed by atoms with Crippen molar-refractivity contribution >= 4 is 21.7 Å². The molecule has 5 heteroatoms. The summed E-state index contributed by atoms with van der Waals surface area (Å²) in [6.45, 7) is 4.07. The Hall–Kier alpha value is -1.49. The van der Waals surface area contributed by atoms with Gasteiger partial charge >= 0.3 is 6.01 Å². The van der Waals surface area contributed by atoms with Crippen LogP contribution in [0.2, 0.25) is 0 Å². The number of ether oxygens (including phenoxy) is 1. The van der Waals surface area contributed by atoms with Gasteiger partial charge in [0.15, 0.2) is 0 Å². The van der Waals surface area contributed by atoms with Crippen molar-refractivity contribution in [2.45, 2.75) is 19.9 Å². The van der Waals surface area contributed by atoms with E-state index in [4.69, 9.17) is 10.5 Å². The van der Waals surface area contributed by atoms with E-state index < -0.39 is 0 Å². The van der Waals surface area contributed by atoms with Crippen LogP contribution in [0.1, 0.15) is 19.9 Å². The Bertz CT molecular complexity index is 522. The summed E-state index contributed by atoms with van der Waals surface area (Å²) in [5.41, 5.74) is 5.84. The predicted molar refractivity (Wildman–Crippen MR) is 71.2 cm³/mol. The van der Waals surface area contributed by atoms with E-state index in [-0.39, 0.29) is 6.04 Å². The lowest BCUT2D eigenvalue weighted by Crippen LogP contribution is -2.06. The summed E-state index contributed by atoms with van der Waals surface area (Å²) >= 11 is 3.43. The third kappa shape index (κ3) is 2.44. The van der Waals surface area contributed by atoms with Gasteiger partial charge in [0.25, 0.3) is 0 Å². The Balaban J connectivity index is 2.34. The van der Waals surface area contributed by atoms with Gasteiger partial charge < -0.3 is 10.5 Å². The van der Waals surface area contributed by atoms with E-state index in [1.165, 1.54) is 0 Å². The number of aromatic nitrogens is 2. The summed E-state index contributed by atoms with van der Waals surface area (Å²) in [7, 11) is 0. The Morgan fingerprint density at radius 1 is 1.35 bits per heavy atom. The maximum Gasteiger partial charge on any atom is 0.303 e. The highest BCUT2D eigenvalue weighted by molar-refractivity contribution is 9.10. The maximum atomic E-state index is 5.84. The number of imidazole rings is 1. The van der Waals surface area contributed by atoms with Gasteiger partial charge in [0.05, 0.1) is 10.7 Å². The summed E-state index contributed by atoms with van der Waals surface area (Å²) in [4.78, 5) is 4.17. The van der Waals surface area contributed by atoms with Crippen molar-refractivity contribution < 1.29 is 4.74 Å². The molecule has 0 saturated carbocycles. The zero-order valence-corrected chi connectivity index (χ0v) is 11.3. The van der Waals surface area contributed by atoms with E-state index in [1.54, 1.807) is 6.20 Å². The second-order valence-corrected chi connectivity index (χ2v) is 4.82. The first kappa shape index (κ1) is 12.0. The first-order valence-corrected chi connectivity index (χ1v) is 6.14. The van der Waals surface area contributed by atoms with Gasteiger partial charge in [-0.1, -0.05) is 12.1 Å². The van der Waals surface area contributed by atoms with Crippen molar-refractivity contribution in [3.05, 3.63) is 34.9 Å². The molecule has 0 spiro atoms. The monoisotopic (exact) mass is 295 g/mol. The van der Waals surface area contributed by atoms with Crippen LogP contribution in [-0.2, 0) is 0 Å². The van der Waals surface area contributed by atoms with Crippen LogP contribution in [0.25, 0.3) is 0 Å². The molecule has 2 rings (SSSR count). The summed E-state index contributed by atoms with van der Waals surface area (Å²) in [5.74, 6) is 1.32. The van der Waals surface area contributed by atoms with Crippen molar-refractivity contribution in [2.24, 2.45) is 0 Å². The molecule has 2 N–H and O–H groups in total. The van der Waals surface area contributed by atoms with Crippen molar-refractivity contribution in [1.82, 2.24) is 9.55 Å². The summed E-state index contributed by atoms with van der Waals surface area (Å²) in [5, 5.41) is 0. The molecule has 1 aromatic heterocycles. The SMILES string of the molecule is CC(C)n1c(N)cnc1Oc1ccccc1Br. The quantitative estimate of drug-likeness (QED) is 0.941. The highest BCUT2D eigenvalue weighted by Crippen LogP contribution is 2.30. The van der Waals surface area contributed by atoms with Crippen LogP contribution in [0.15, 0.2) is 34.9 Å². The number of rotatable bonds is 3. The van der Waals surface area contributed by atoms with Crippen LogP contribution >= 0.6 is 15.9 Å². The zero-order chi connectivity index (χ0) is 12.4. The number of nitrogen functional groups attached to an aromatic ring is 1. The highest BCUT2D eigenvalue weighted by atomic mass is 79.9. The van der Waals surface area contributed by atoms with E-state index in [1.807, 2.05) is 42.7 Å². The first-order chi connectivity index (χ1) is 8.09. The van der Waals surface area contributed by atoms with Gasteiger partial charge in [0, 0.05) is 6.04 Å². The third-order valence-corrected chi connectivity index (χ3v) is 3.00. The Labute approximate surface area is 109 Å². The molecule has 1 aromatic carbocycles. The average Bonchev–Trinajstić information content (AvgIpc) is 2.63. The molecule has 0 atom stereocenters. The highest BCUT2D eigenvalue weighted by Gasteiger charge is 2.13. The summed E-state index contributed by atoms with van der Waals surface area (Å²) in [6, 6.07) is 8.34. The number of nitrogens with two attached hydrogens (primary N) is 1. The molecule has 0 aliphatic carbocycles. The van der Waals surface area contributed by atoms with Crippen molar-refractivity contribution in [3.8, 4) is 11.8 Å². The average molecular weight is 296 g/mol. The minimum atomic E-state index is 0.204. The van der Waals surface area contributed by atoms with E-state index in [2.05, 4.69) is 20.9 Å². The van der Waals surface area contributed by atoms with Gasteiger partial charge in [0.2, 0.25) is 0 Å². The fraction of sp³-hybridized carbons (Fsp3) is 0.250. The van der Waals surface area contributed by atoms with Crippen molar-refractivity contribution in [2.75, 3.05) is 5.73 Å². The Kier molecular flexibility index (Phi) is 3.38. The Morgan fingerprint density at radius 2 is 2.06 bits per heavy atom. The minimum absolute atomic E-state index is 0.204. The Morgan fingerprint density at radius 3 is 2.71 bits per heavy atom. The summed E-state index contributed by atoms with van der Waals surface area (Å²) in [6.07, 6.45) is 1.60. The van der Waals surface area contributed by atoms with Crippen LogP contribution < -0.4 is 10.5 Å². The number of hydrogen-bond acceptors (Lipinski definition) is 3. The lowest BCUT2D eigenvalue weighted by Gasteiger charge is -2.13. The number of hydrogen-bond donors (Lipinski definition) is 1. The van der Waals surface area contributed by atoms with Gasteiger partial charge in [-0.15, -0.1) is 0 Å². The van der Waals surface area contributed by atoms with E-state index in [9.17, 15) is 0 Å². The molecule has 1 heterocycles. The van der Waals surface area contributed by atoms with Crippen molar-refractivity contribution in [3.63, 3.8) is 0 Å². The molecule has 2 aromatic rings. The smallest absolute Gasteiger partial charge is 0.303 e. The maximum absolute atomic E-state index is 5.84. The van der Waals surface area contributed by atoms with E-state index >= 15 is 0 Å². The van der Waals surface area contributed by atoms with E-state index in [0.29, 0.717) is 11.8 Å². The van der Waals surface area contributed by atoms with Crippen LogP contribution in [0.5, 0.6) is 11.8 Å². The van der Waals surface area contributed by atoms with E-state index in [0.717, 1.165) is 10.2 Å². The third-order valence-electron chi connectivity index (χ3n) is 2.35. The van der Waals surface area contributed by atoms with Gasteiger partial charge in [-0.05, 0) is 41.9 Å². The molecule has 0 bridgehead atoms. The lowest BCUT2D eigenvalue weighted by atomic mass is 10.3. The fourth-order valence-electron chi connectivity index (χ4n) is 1.58. The topological polar surface area (TPSA) is 53.1 Å². The zero-order valence-electron chi connectivity index (χ0n) is 9.72. The first-order valence-electron chi connectivity index (χ1n) is 5.34. The molecule has 0 amide bonds. The van der Waals surface area contributed by atoms with Gasteiger partial charge in [-0.25, -0.2) is 4.98 Å². The van der Waals surface area contributed by atoms with Gasteiger partial charge in [-0.3, -0.25) is 4.57 Å². The molecule has 90 valence electrons. The number of para-hydroxylation sites is 1. The molecule has 0 aliphatic heterocycles. The largest absolute Gasteiger partial charge is 0.424 e. The molecule has 17 heavy (non-hydrogen) atoms. The number of anilines is 1. The van der Waals surface area contributed by atoms with Gasteiger partial charge in [0.1, 0.15) is 11.6 Å². The van der Waals surface area contributed by atoms with Crippen LogP contribution in [0, 0.1) is 0 Å². The van der Waals surface area contributed by atoms with Crippen LogP contribution in [0.3, 0.4) is 0 Å². The molecule has 0 saturated heterocycles. The standard InChI is InChI=1S/C12H14BrN3O/c1-8(2)16-11(14)7-15-12(16)17-10-6-4-3-5-9(10)13/h3-8H,14H2,1-2H3. The minimum Gasteiger partial charge on any atom is -0.424 e. The molecule has 0 unspecified atom stereocenters. The molecular weight excluding hydrogens is 282 g/mol. The van der Waals surface area contributed by atoms with Crippen LogP contribution in [-0.4, -0.2) is 9.55 Å². The molecular formula is C12H14BrN3O. The van der Waals surface area contributed by atoms with Gasteiger partial charge in [-0.2, -0.15) is 0 Å². The number of nitrogens with zero attached hydrogens (tertiary/aromatic N) is 2. The molecule has 4 nitrogen and oxygen atoms in total. The second kappa shape index (κ2) is 4.79. The number of halogens is 1. The number of benzene rings is 1. The normalized spacial score (nSPS) is 10.8. The van der Waals surface area contributed by atoms with Crippen LogP contribution in [0.4, 0.5) is 5.82 Å². The molecule has 0 radical (unpaired) electrons. The summed E-state index contributed by atoms with van der Waals surface area (Å²) < 4.78 is 8.48. The molecule has 0 fully saturated rings. The lowest BCUT2D eigenvalue weighted by molar-refractivity contribution is 0.396. The van der Waals surface area contributed by atoms with Crippen molar-refractivity contribution in [1.29, 1.82) is 0 Å². The fourth-order valence-corrected chi connectivity index (χ4v) is 1.94. The molecule has 0 aliphatic rings. The second-order valence-electron chi connectivity index (χ2n) is 3.96. The predicted octanol–water partition coefficient (Wildman–Crippen LogP) is 3.60.